The number of carbonyl (C=O) groups excluding carboxylic acids is 2. The Kier molecular flexibility index (Phi) is 6.51. The number of amides is 2. The van der Waals surface area contributed by atoms with Gasteiger partial charge in [-0.25, -0.2) is 0 Å². The number of nitrogens with zero attached hydrogens (tertiary/aromatic N) is 1. The zero-order valence-electron chi connectivity index (χ0n) is 15.6. The van der Waals surface area contributed by atoms with E-state index in [9.17, 15) is 9.59 Å². The molecule has 2 aromatic carbocycles. The van der Waals surface area contributed by atoms with Crippen LogP contribution in [-0.2, 0) is 22.6 Å². The molecule has 1 fully saturated rings. The lowest BCUT2D eigenvalue weighted by atomic mass is 9.95. The third kappa shape index (κ3) is 5.33. The van der Waals surface area contributed by atoms with Gasteiger partial charge in [0, 0.05) is 30.6 Å². The molecular formula is C22H25ClN2O2. The Hall–Kier alpha value is -2.33. The first kappa shape index (κ1) is 19.4. The summed E-state index contributed by atoms with van der Waals surface area (Å²) in [6.45, 7) is 3.87. The molecule has 27 heavy (non-hydrogen) atoms. The minimum Gasteiger partial charge on any atom is -0.352 e. The fourth-order valence-corrected chi connectivity index (χ4v) is 3.54. The highest BCUT2D eigenvalue weighted by Gasteiger charge is 2.27. The summed E-state index contributed by atoms with van der Waals surface area (Å²) in [5.74, 6) is 0.174. The normalized spacial score (nSPS) is 14.8. The van der Waals surface area contributed by atoms with Gasteiger partial charge in [0.2, 0.25) is 11.8 Å². The van der Waals surface area contributed by atoms with E-state index in [4.69, 9.17) is 11.6 Å². The van der Waals surface area contributed by atoms with Gasteiger partial charge in [0.15, 0.2) is 0 Å². The largest absolute Gasteiger partial charge is 0.352 e. The van der Waals surface area contributed by atoms with Crippen LogP contribution in [0, 0.1) is 12.8 Å². The summed E-state index contributed by atoms with van der Waals surface area (Å²) in [6.07, 6.45) is 1.80. The summed E-state index contributed by atoms with van der Waals surface area (Å²) in [5.41, 5.74) is 3.28. The number of rotatable bonds is 5. The number of piperidine rings is 1. The van der Waals surface area contributed by atoms with Crippen molar-refractivity contribution in [2.75, 3.05) is 13.1 Å². The van der Waals surface area contributed by atoms with E-state index < -0.39 is 0 Å². The van der Waals surface area contributed by atoms with Gasteiger partial charge in [0.25, 0.3) is 0 Å². The number of carbonyl (C=O) groups is 2. The van der Waals surface area contributed by atoms with Gasteiger partial charge in [-0.05, 0) is 48.6 Å². The lowest BCUT2D eigenvalue weighted by Gasteiger charge is -2.31. The number of likely N-dealkylation sites (tertiary alicyclic amines) is 1. The fourth-order valence-electron chi connectivity index (χ4n) is 3.41. The molecule has 0 saturated carbocycles. The molecule has 0 bridgehead atoms. The number of hydrogen-bond acceptors (Lipinski definition) is 2. The molecule has 4 nitrogen and oxygen atoms in total. The first-order chi connectivity index (χ1) is 13.0. The Labute approximate surface area is 165 Å². The quantitative estimate of drug-likeness (QED) is 0.853. The first-order valence-electron chi connectivity index (χ1n) is 9.37. The molecule has 1 saturated heterocycles. The van der Waals surface area contributed by atoms with E-state index in [0.29, 0.717) is 43.9 Å². The molecule has 142 valence electrons. The molecule has 0 spiro atoms. The van der Waals surface area contributed by atoms with E-state index >= 15 is 0 Å². The summed E-state index contributed by atoms with van der Waals surface area (Å²) >= 11 is 5.88. The van der Waals surface area contributed by atoms with Gasteiger partial charge < -0.3 is 10.2 Å². The monoisotopic (exact) mass is 384 g/mol. The molecule has 1 aliphatic rings. The Morgan fingerprint density at radius 3 is 2.41 bits per heavy atom. The summed E-state index contributed by atoms with van der Waals surface area (Å²) < 4.78 is 0. The van der Waals surface area contributed by atoms with Crippen LogP contribution in [0.1, 0.15) is 29.5 Å². The second kappa shape index (κ2) is 9.05. The Morgan fingerprint density at radius 2 is 1.74 bits per heavy atom. The highest BCUT2D eigenvalue weighted by atomic mass is 35.5. The maximum Gasteiger partial charge on any atom is 0.226 e. The van der Waals surface area contributed by atoms with Crippen molar-refractivity contribution in [3.63, 3.8) is 0 Å². The predicted octanol–water partition coefficient (Wildman–Crippen LogP) is 3.75. The lowest BCUT2D eigenvalue weighted by molar-refractivity contribution is -0.135. The zero-order chi connectivity index (χ0) is 19.2. The van der Waals surface area contributed by atoms with E-state index in [0.717, 1.165) is 11.1 Å². The molecule has 0 unspecified atom stereocenters. The van der Waals surface area contributed by atoms with Crippen molar-refractivity contribution in [2.24, 2.45) is 5.92 Å². The van der Waals surface area contributed by atoms with Crippen molar-refractivity contribution in [3.05, 3.63) is 70.2 Å². The van der Waals surface area contributed by atoms with E-state index in [1.165, 1.54) is 5.56 Å². The third-order valence-electron chi connectivity index (χ3n) is 5.20. The summed E-state index contributed by atoms with van der Waals surface area (Å²) in [7, 11) is 0. The topological polar surface area (TPSA) is 49.4 Å². The first-order valence-corrected chi connectivity index (χ1v) is 9.75. The van der Waals surface area contributed by atoms with Crippen molar-refractivity contribution < 1.29 is 9.59 Å². The molecule has 3 rings (SSSR count). The van der Waals surface area contributed by atoms with Crippen molar-refractivity contribution in [3.8, 4) is 0 Å². The Balaban J connectivity index is 1.45. The highest BCUT2D eigenvalue weighted by molar-refractivity contribution is 6.30. The molecule has 0 atom stereocenters. The fraction of sp³-hybridized carbons (Fsp3) is 0.364. The smallest absolute Gasteiger partial charge is 0.226 e. The van der Waals surface area contributed by atoms with E-state index in [-0.39, 0.29) is 17.7 Å². The van der Waals surface area contributed by atoms with Gasteiger partial charge in [-0.15, -0.1) is 0 Å². The molecule has 2 aromatic rings. The van der Waals surface area contributed by atoms with Gasteiger partial charge in [-0.1, -0.05) is 48.0 Å². The standard InChI is InChI=1S/C22H25ClN2O2/c1-16-4-2-3-5-19(16)15-24-22(27)18-10-12-25(13-11-18)21(26)14-17-6-8-20(23)9-7-17/h2-9,18H,10-15H2,1H3,(H,24,27). The molecule has 0 aromatic heterocycles. The molecule has 1 N–H and O–H groups in total. The SMILES string of the molecule is Cc1ccccc1CNC(=O)C1CCN(C(=O)Cc2ccc(Cl)cc2)CC1. The van der Waals surface area contributed by atoms with Crippen LogP contribution >= 0.6 is 11.6 Å². The van der Waals surface area contributed by atoms with Crippen molar-refractivity contribution >= 4 is 23.4 Å². The number of halogens is 1. The molecular weight excluding hydrogens is 360 g/mol. The van der Waals surface area contributed by atoms with Crippen LogP contribution < -0.4 is 5.32 Å². The zero-order valence-corrected chi connectivity index (χ0v) is 16.3. The van der Waals surface area contributed by atoms with Crippen LogP contribution in [-0.4, -0.2) is 29.8 Å². The molecule has 1 heterocycles. The van der Waals surface area contributed by atoms with E-state index in [1.54, 1.807) is 12.1 Å². The number of aryl methyl sites for hydroxylation is 1. The Morgan fingerprint density at radius 1 is 1.07 bits per heavy atom. The minimum atomic E-state index is -0.0198. The van der Waals surface area contributed by atoms with Crippen LogP contribution in [0.5, 0.6) is 0 Å². The lowest BCUT2D eigenvalue weighted by Crippen LogP contribution is -2.43. The maximum absolute atomic E-state index is 12.5. The highest BCUT2D eigenvalue weighted by Crippen LogP contribution is 2.19. The van der Waals surface area contributed by atoms with Crippen LogP contribution in [0.25, 0.3) is 0 Å². The van der Waals surface area contributed by atoms with Crippen LogP contribution in [0.3, 0.4) is 0 Å². The molecule has 5 heteroatoms. The number of hydrogen-bond donors (Lipinski definition) is 1. The molecule has 0 radical (unpaired) electrons. The Bertz CT molecular complexity index is 796. The van der Waals surface area contributed by atoms with Gasteiger partial charge >= 0.3 is 0 Å². The van der Waals surface area contributed by atoms with E-state index in [1.807, 2.05) is 48.2 Å². The maximum atomic E-state index is 12.5. The van der Waals surface area contributed by atoms with Crippen LogP contribution in [0.2, 0.25) is 5.02 Å². The number of benzene rings is 2. The van der Waals surface area contributed by atoms with Crippen molar-refractivity contribution in [2.45, 2.75) is 32.7 Å². The van der Waals surface area contributed by atoms with Crippen molar-refractivity contribution in [1.82, 2.24) is 10.2 Å². The van der Waals surface area contributed by atoms with Crippen LogP contribution in [0.15, 0.2) is 48.5 Å². The third-order valence-corrected chi connectivity index (χ3v) is 5.45. The molecule has 1 aliphatic heterocycles. The number of nitrogens with one attached hydrogen (secondary N) is 1. The second-order valence-electron chi connectivity index (χ2n) is 7.10. The van der Waals surface area contributed by atoms with Gasteiger partial charge in [-0.2, -0.15) is 0 Å². The van der Waals surface area contributed by atoms with Gasteiger partial charge in [0.1, 0.15) is 0 Å². The predicted molar refractivity (Wildman–Crippen MR) is 107 cm³/mol. The minimum absolute atomic E-state index is 0.0198. The second-order valence-corrected chi connectivity index (χ2v) is 7.54. The van der Waals surface area contributed by atoms with Crippen LogP contribution in [0.4, 0.5) is 0 Å². The van der Waals surface area contributed by atoms with E-state index in [2.05, 4.69) is 5.32 Å². The average Bonchev–Trinajstić information content (AvgIpc) is 2.69. The summed E-state index contributed by atoms with van der Waals surface area (Å²) in [6, 6.07) is 15.4. The van der Waals surface area contributed by atoms with Crippen molar-refractivity contribution in [1.29, 1.82) is 0 Å². The van der Waals surface area contributed by atoms with Gasteiger partial charge in [0.05, 0.1) is 6.42 Å². The molecule has 0 aliphatic carbocycles. The van der Waals surface area contributed by atoms with Gasteiger partial charge in [-0.3, -0.25) is 9.59 Å². The molecule has 2 amide bonds. The average molecular weight is 385 g/mol. The summed E-state index contributed by atoms with van der Waals surface area (Å²) in [5, 5.41) is 3.71. The summed E-state index contributed by atoms with van der Waals surface area (Å²) in [4.78, 5) is 26.8.